The second-order valence-corrected chi connectivity index (χ2v) is 20.2. The van der Waals surface area contributed by atoms with Gasteiger partial charge < -0.3 is 35.3 Å². The normalized spacial score (nSPS) is 15.2. The van der Waals surface area contributed by atoms with E-state index >= 15 is 0 Å². The number of carbonyl (C=O) groups excluding carboxylic acids is 3. The molecule has 1 fully saturated rings. The second-order valence-electron chi connectivity index (χ2n) is 16.4. The molecule has 0 radical (unpaired) electrons. The van der Waals surface area contributed by atoms with Crippen molar-refractivity contribution in [3.05, 3.63) is 171 Å². The molecule has 73 heavy (non-hydrogen) atoms. The van der Waals surface area contributed by atoms with E-state index in [0.717, 1.165) is 76.0 Å². The maximum absolute atomic E-state index is 12.2. The zero-order valence-corrected chi connectivity index (χ0v) is 45.9. The number of nitrogens with zero attached hydrogens (tertiary/aromatic N) is 4. The van der Waals surface area contributed by atoms with Crippen LogP contribution < -0.4 is 25.4 Å². The molecule has 20 heteroatoms. The van der Waals surface area contributed by atoms with Crippen LogP contribution in [-0.2, 0) is 19.1 Å². The summed E-state index contributed by atoms with van der Waals surface area (Å²) in [6, 6.07) is 32.9. The Hall–Kier alpha value is -5.63. The van der Waals surface area contributed by atoms with Gasteiger partial charge in [-0.1, -0.05) is 89.4 Å². The number of fused-ring (bicyclic) bond motifs is 3. The molecule has 0 aliphatic carbocycles. The number of aromatic hydroxyl groups is 1. The molecule has 0 unspecified atom stereocenters. The third-order valence-electron chi connectivity index (χ3n) is 11.5. The van der Waals surface area contributed by atoms with Gasteiger partial charge in [0, 0.05) is 86.3 Å². The van der Waals surface area contributed by atoms with Crippen LogP contribution >= 0.6 is 82.6 Å². The average Bonchev–Trinajstić information content (AvgIpc) is 3.72. The fourth-order valence-corrected chi connectivity index (χ4v) is 10.0. The van der Waals surface area contributed by atoms with Crippen LogP contribution in [0.25, 0.3) is 0 Å². The van der Waals surface area contributed by atoms with Crippen LogP contribution in [0.3, 0.4) is 0 Å². The molecule has 4 aliphatic heterocycles. The number of morpholine rings is 1. The van der Waals surface area contributed by atoms with Crippen molar-refractivity contribution in [2.24, 2.45) is 15.0 Å². The molecule has 376 valence electrons. The lowest BCUT2D eigenvalue weighted by Gasteiger charge is -2.26. The number of anilines is 3. The summed E-state index contributed by atoms with van der Waals surface area (Å²) in [5.74, 6) is 0.803. The van der Waals surface area contributed by atoms with Gasteiger partial charge in [-0.3, -0.25) is 34.3 Å². The van der Waals surface area contributed by atoms with E-state index in [1.807, 2.05) is 78.9 Å². The maximum atomic E-state index is 12.2. The SMILES string of the molecule is COc1cc2c(cc1Br)C(c1ccccc1Cl)=NCC(=O)N2.O=C1CN=C(c2ccccc2Cl)c2cc(Br)c(O)cc2N1.O=C1CN=C(c2ccccc2Cl)c2cc(Br)c(OCCCN3CCOCC3)cc2N1. The number of hydrogen-bond donors (Lipinski definition) is 4. The number of benzene rings is 6. The minimum atomic E-state index is -0.236. The Bertz CT molecular complexity index is 3190. The summed E-state index contributed by atoms with van der Waals surface area (Å²) in [5, 5.41) is 20.1. The molecule has 14 nitrogen and oxygen atoms in total. The van der Waals surface area contributed by atoms with Gasteiger partial charge in [0.05, 0.1) is 74.5 Å². The number of halogens is 6. The molecule has 0 spiro atoms. The number of amides is 3. The first-order valence-electron chi connectivity index (χ1n) is 22.7. The van der Waals surface area contributed by atoms with Crippen molar-refractivity contribution in [2.75, 3.05) is 82.1 Å². The highest BCUT2D eigenvalue weighted by molar-refractivity contribution is 9.11. The van der Waals surface area contributed by atoms with Crippen molar-refractivity contribution in [3.63, 3.8) is 0 Å². The van der Waals surface area contributed by atoms with E-state index < -0.39 is 0 Å². The number of hydrogen-bond acceptors (Lipinski definition) is 11. The Morgan fingerprint density at radius 1 is 0.575 bits per heavy atom. The topological polar surface area (TPSA) is 176 Å². The van der Waals surface area contributed by atoms with Gasteiger partial charge >= 0.3 is 0 Å². The first-order valence-corrected chi connectivity index (χ1v) is 26.2. The van der Waals surface area contributed by atoms with E-state index in [-0.39, 0.29) is 43.1 Å². The Balaban J connectivity index is 0.000000149. The van der Waals surface area contributed by atoms with Crippen molar-refractivity contribution in [1.29, 1.82) is 0 Å². The van der Waals surface area contributed by atoms with Crippen LogP contribution in [0.1, 0.15) is 39.8 Å². The van der Waals surface area contributed by atoms with Crippen molar-refractivity contribution in [1.82, 2.24) is 4.90 Å². The molecule has 10 rings (SSSR count). The van der Waals surface area contributed by atoms with Crippen molar-refractivity contribution in [3.8, 4) is 17.2 Å². The molecule has 4 N–H and O–H groups in total. The number of phenolic OH excluding ortho intramolecular Hbond substituents is 1. The highest BCUT2D eigenvalue weighted by atomic mass is 79.9. The number of methoxy groups -OCH3 is 1. The lowest BCUT2D eigenvalue weighted by molar-refractivity contribution is -0.115. The summed E-state index contributed by atoms with van der Waals surface area (Å²) >= 11 is 29.3. The summed E-state index contributed by atoms with van der Waals surface area (Å²) in [6.45, 7) is 5.21. The van der Waals surface area contributed by atoms with Gasteiger partial charge in [0.15, 0.2) is 0 Å². The van der Waals surface area contributed by atoms with Gasteiger partial charge in [-0.15, -0.1) is 0 Å². The standard InChI is InChI=1S/C22H23BrClN3O3.C16H12BrClN2O2.C15H10BrClN2O2/c23-17-12-16-19(13-20(17)30-9-3-6-27-7-10-29-11-8-27)26-21(28)14-25-22(16)15-4-1-2-5-18(15)24;1-22-14-7-13-10(6-11(14)17)16(19-8-15(21)20-13)9-4-2-3-5-12(9)18;16-10-5-9-12(6-13(10)20)19-14(21)7-18-15(9)8-3-1-2-4-11(8)17/h1-2,4-5,12-13H,3,6-11,14H2,(H,26,28);2-7H,8H2,1H3,(H,20,21);1-6,20H,7H2,(H,19,21). The van der Waals surface area contributed by atoms with E-state index in [4.69, 9.17) is 49.0 Å². The van der Waals surface area contributed by atoms with Crippen LogP contribution in [0, 0.1) is 0 Å². The fourth-order valence-electron chi connectivity index (χ4n) is 8.06. The molecule has 6 aromatic carbocycles. The molecule has 6 aromatic rings. The van der Waals surface area contributed by atoms with Crippen LogP contribution in [-0.4, -0.2) is 111 Å². The highest BCUT2D eigenvalue weighted by Crippen LogP contribution is 2.38. The molecule has 0 aromatic heterocycles. The van der Waals surface area contributed by atoms with Gasteiger partial charge in [-0.05, 0) is 90.6 Å². The number of carbonyl (C=O) groups is 3. The predicted octanol–water partition coefficient (Wildman–Crippen LogP) is 11.5. The summed E-state index contributed by atoms with van der Waals surface area (Å²) in [7, 11) is 1.58. The molecule has 3 amide bonds. The third-order valence-corrected chi connectivity index (χ3v) is 14.4. The maximum Gasteiger partial charge on any atom is 0.246 e. The third kappa shape index (κ3) is 13.4. The molecule has 4 aliphatic rings. The smallest absolute Gasteiger partial charge is 0.246 e. The van der Waals surface area contributed by atoms with Crippen molar-refractivity contribution >= 4 is 135 Å². The highest BCUT2D eigenvalue weighted by Gasteiger charge is 2.25. The van der Waals surface area contributed by atoms with Crippen LogP contribution in [0.5, 0.6) is 17.2 Å². The zero-order chi connectivity index (χ0) is 51.6. The van der Waals surface area contributed by atoms with Gasteiger partial charge in [-0.25, -0.2) is 0 Å². The van der Waals surface area contributed by atoms with Crippen LogP contribution in [0.4, 0.5) is 17.1 Å². The average molecular weight is 1240 g/mol. The summed E-state index contributed by atoms with van der Waals surface area (Å²) in [5.41, 5.74) is 8.47. The summed E-state index contributed by atoms with van der Waals surface area (Å²) in [4.78, 5) is 51.6. The van der Waals surface area contributed by atoms with E-state index in [2.05, 4.69) is 83.6 Å². The molecule has 0 atom stereocenters. The monoisotopic (exact) mass is 1230 g/mol. The van der Waals surface area contributed by atoms with Gasteiger partial charge in [0.2, 0.25) is 17.7 Å². The number of ether oxygens (including phenoxy) is 3. The molecular formula is C53H45Br3Cl3N7O7. The lowest BCUT2D eigenvalue weighted by Crippen LogP contribution is -2.37. The number of phenols is 1. The number of nitrogens with one attached hydrogen (secondary N) is 3. The Morgan fingerprint density at radius 2 is 0.973 bits per heavy atom. The van der Waals surface area contributed by atoms with E-state index in [0.29, 0.717) is 77.4 Å². The lowest BCUT2D eigenvalue weighted by atomic mass is 10.0. The largest absolute Gasteiger partial charge is 0.507 e. The Morgan fingerprint density at radius 3 is 1.41 bits per heavy atom. The van der Waals surface area contributed by atoms with E-state index in [9.17, 15) is 19.5 Å². The summed E-state index contributed by atoms with van der Waals surface area (Å²) in [6.07, 6.45) is 0.919. The first-order chi connectivity index (χ1) is 35.3. The molecule has 0 saturated carbocycles. The minimum Gasteiger partial charge on any atom is -0.507 e. The van der Waals surface area contributed by atoms with Crippen molar-refractivity contribution < 1.29 is 33.7 Å². The first kappa shape index (κ1) is 53.7. The molecule has 4 heterocycles. The molecule has 1 saturated heterocycles. The Labute approximate surface area is 461 Å². The van der Waals surface area contributed by atoms with E-state index in [1.54, 1.807) is 31.4 Å². The fraction of sp³-hybridized carbons (Fsp3) is 0.208. The predicted molar refractivity (Wildman–Crippen MR) is 300 cm³/mol. The van der Waals surface area contributed by atoms with Crippen LogP contribution in [0.2, 0.25) is 15.1 Å². The van der Waals surface area contributed by atoms with Gasteiger partial charge in [0.25, 0.3) is 0 Å². The molecular weight excluding hydrogens is 1190 g/mol. The van der Waals surface area contributed by atoms with Crippen molar-refractivity contribution in [2.45, 2.75) is 6.42 Å². The quantitative estimate of drug-likeness (QED) is 0.103. The number of rotatable bonds is 9. The number of aliphatic imine (C=N–C) groups is 3. The molecule has 0 bridgehead atoms. The van der Waals surface area contributed by atoms with E-state index in [1.165, 1.54) is 6.07 Å². The zero-order valence-electron chi connectivity index (χ0n) is 38.9. The second kappa shape index (κ2) is 25.1. The minimum absolute atomic E-state index is 0.00756. The summed E-state index contributed by atoms with van der Waals surface area (Å²) < 4.78 is 18.8. The van der Waals surface area contributed by atoms with Gasteiger partial charge in [-0.2, -0.15) is 0 Å². The number of benzodiazepines with no additional fused rings is 3. The Kier molecular flexibility index (Phi) is 18.4. The van der Waals surface area contributed by atoms with Crippen LogP contribution in [0.15, 0.2) is 138 Å². The van der Waals surface area contributed by atoms with Gasteiger partial charge in [0.1, 0.15) is 36.9 Å².